The van der Waals surface area contributed by atoms with Gasteiger partial charge < -0.3 is 4.74 Å². The first-order chi connectivity index (χ1) is 13.8. The highest BCUT2D eigenvalue weighted by atomic mass is 32.2. The molecule has 1 N–H and O–H groups in total. The lowest BCUT2D eigenvalue weighted by Gasteiger charge is -2.11. The molecule has 4 nitrogen and oxygen atoms in total. The number of anilines is 1. The van der Waals surface area contributed by atoms with E-state index in [0.717, 1.165) is 16.3 Å². The summed E-state index contributed by atoms with van der Waals surface area (Å²) in [5.41, 5.74) is 1.62. The van der Waals surface area contributed by atoms with E-state index >= 15 is 0 Å². The van der Waals surface area contributed by atoms with Crippen molar-refractivity contribution in [3.05, 3.63) is 66.2 Å². The summed E-state index contributed by atoms with van der Waals surface area (Å²) >= 11 is -1.95. The Bertz CT molecular complexity index is 1010. The third kappa shape index (κ3) is 6.47. The van der Waals surface area contributed by atoms with Gasteiger partial charge in [0.15, 0.2) is 0 Å². The van der Waals surface area contributed by atoms with Gasteiger partial charge in [0.25, 0.3) is 11.3 Å². The molecule has 0 aliphatic rings. The van der Waals surface area contributed by atoms with E-state index in [-0.39, 0.29) is 13.0 Å². The van der Waals surface area contributed by atoms with E-state index in [1.54, 1.807) is 24.3 Å². The summed E-state index contributed by atoms with van der Waals surface area (Å²) in [5, 5.41) is 2.03. The highest BCUT2D eigenvalue weighted by Crippen LogP contribution is 2.31. The molecule has 0 radical (unpaired) electrons. The molecule has 0 heterocycles. The third-order valence-electron chi connectivity index (χ3n) is 4.05. The fourth-order valence-corrected chi connectivity index (χ4v) is 3.39. The number of ether oxygens (including phenoxy) is 1. The molecule has 0 aromatic heterocycles. The van der Waals surface area contributed by atoms with Crippen LogP contribution < -0.4 is 9.46 Å². The minimum atomic E-state index is -4.25. The van der Waals surface area contributed by atoms with Crippen LogP contribution in [-0.2, 0) is 15.4 Å². The van der Waals surface area contributed by atoms with Gasteiger partial charge in [-0.1, -0.05) is 42.0 Å². The third-order valence-corrected chi connectivity index (χ3v) is 4.84. The molecule has 0 saturated heterocycles. The van der Waals surface area contributed by atoms with Crippen molar-refractivity contribution in [3.8, 4) is 11.5 Å². The number of rotatable bonds is 8. The number of halogens is 3. The van der Waals surface area contributed by atoms with E-state index < -0.39 is 23.9 Å². The smallest absolute Gasteiger partial charge is 0.389 e. The van der Waals surface area contributed by atoms with Gasteiger partial charge in [0.2, 0.25) is 0 Å². The monoisotopic (exact) mass is 423 g/mol. The zero-order chi connectivity index (χ0) is 20.9. The van der Waals surface area contributed by atoms with Crippen LogP contribution in [0.1, 0.15) is 18.4 Å². The molecular formula is C21H20F3NO3S. The maximum atomic E-state index is 12.1. The highest BCUT2D eigenvalue weighted by Gasteiger charge is 2.26. The molecule has 29 heavy (non-hydrogen) atoms. The molecule has 3 aromatic rings. The van der Waals surface area contributed by atoms with E-state index in [1.807, 2.05) is 37.3 Å². The Kier molecular flexibility index (Phi) is 6.76. The molecule has 1 atom stereocenters. The van der Waals surface area contributed by atoms with Crippen LogP contribution in [0.5, 0.6) is 11.5 Å². The number of aryl methyl sites for hydroxylation is 1. The molecule has 0 spiro atoms. The maximum Gasteiger partial charge on any atom is 0.389 e. The Morgan fingerprint density at radius 2 is 1.83 bits per heavy atom. The molecule has 0 fully saturated rings. The standard InChI is InChI=1S/C21H20F3NO3S/c1-15-9-10-19-16(13-15)5-2-8-20(19)28-18-7-3-6-17(14-18)25-29(26)27-12-4-11-21(22,23)24/h2-3,5-10,13-14,25H,4,11-12H2,1H3. The number of nitrogens with one attached hydrogen (secondary N) is 1. The molecule has 154 valence electrons. The average Bonchev–Trinajstić information content (AvgIpc) is 2.65. The number of hydrogen-bond donors (Lipinski definition) is 1. The first-order valence-corrected chi connectivity index (χ1v) is 10.0. The van der Waals surface area contributed by atoms with Crippen molar-refractivity contribution in [1.82, 2.24) is 0 Å². The van der Waals surface area contributed by atoms with Crippen LogP contribution in [0.2, 0.25) is 0 Å². The van der Waals surface area contributed by atoms with Crippen LogP contribution in [0, 0.1) is 6.92 Å². The largest absolute Gasteiger partial charge is 0.457 e. The van der Waals surface area contributed by atoms with Gasteiger partial charge in [0.1, 0.15) is 11.5 Å². The number of hydrogen-bond acceptors (Lipinski definition) is 3. The first-order valence-electron chi connectivity index (χ1n) is 8.96. The molecule has 8 heteroatoms. The number of benzene rings is 3. The van der Waals surface area contributed by atoms with Gasteiger partial charge in [-0.2, -0.15) is 13.2 Å². The van der Waals surface area contributed by atoms with E-state index in [2.05, 4.69) is 10.8 Å². The Hall–Kier alpha value is -2.58. The van der Waals surface area contributed by atoms with Crippen molar-refractivity contribution in [2.45, 2.75) is 25.9 Å². The minimum Gasteiger partial charge on any atom is -0.457 e. The summed E-state index contributed by atoms with van der Waals surface area (Å²) in [6.07, 6.45) is -5.47. The topological polar surface area (TPSA) is 47.6 Å². The summed E-state index contributed by atoms with van der Waals surface area (Å²) in [5.74, 6) is 1.21. The van der Waals surface area contributed by atoms with Crippen molar-refractivity contribution < 1.29 is 26.3 Å². The molecule has 0 amide bonds. The second-order valence-electron chi connectivity index (χ2n) is 6.49. The van der Waals surface area contributed by atoms with Crippen LogP contribution in [0.4, 0.5) is 18.9 Å². The summed E-state index contributed by atoms with van der Waals surface area (Å²) in [6.45, 7) is 1.76. The molecule has 0 saturated carbocycles. The lowest BCUT2D eigenvalue weighted by molar-refractivity contribution is -0.136. The minimum absolute atomic E-state index is 0.249. The van der Waals surface area contributed by atoms with Gasteiger partial charge in [0, 0.05) is 17.9 Å². The van der Waals surface area contributed by atoms with Crippen molar-refractivity contribution in [2.75, 3.05) is 11.3 Å². The van der Waals surface area contributed by atoms with Crippen molar-refractivity contribution in [3.63, 3.8) is 0 Å². The normalized spacial score (nSPS) is 12.7. The highest BCUT2D eigenvalue weighted by molar-refractivity contribution is 7.81. The fraction of sp³-hybridized carbons (Fsp3) is 0.238. The molecule has 3 aromatic carbocycles. The van der Waals surface area contributed by atoms with E-state index in [9.17, 15) is 17.4 Å². The van der Waals surface area contributed by atoms with Gasteiger partial charge in [-0.05, 0) is 36.9 Å². The zero-order valence-corrected chi connectivity index (χ0v) is 16.5. The summed E-state index contributed by atoms with van der Waals surface area (Å²) < 4.78 is 61.7. The second-order valence-corrected chi connectivity index (χ2v) is 7.40. The van der Waals surface area contributed by atoms with E-state index in [1.165, 1.54) is 0 Å². The second kappa shape index (κ2) is 9.28. The predicted molar refractivity (Wildman–Crippen MR) is 108 cm³/mol. The molecule has 0 aliphatic heterocycles. The number of fused-ring (bicyclic) bond motifs is 1. The van der Waals surface area contributed by atoms with Crippen molar-refractivity contribution >= 4 is 27.7 Å². The van der Waals surface area contributed by atoms with Gasteiger partial charge in [-0.3, -0.25) is 8.91 Å². The quantitative estimate of drug-likeness (QED) is 0.433. The Morgan fingerprint density at radius 3 is 2.62 bits per heavy atom. The van der Waals surface area contributed by atoms with Gasteiger partial charge in [-0.25, -0.2) is 4.21 Å². The van der Waals surface area contributed by atoms with Crippen LogP contribution >= 0.6 is 0 Å². The Morgan fingerprint density at radius 1 is 1.03 bits per heavy atom. The maximum absolute atomic E-state index is 12.1. The van der Waals surface area contributed by atoms with Crippen LogP contribution in [0.25, 0.3) is 10.8 Å². The molecular weight excluding hydrogens is 403 g/mol. The molecule has 3 rings (SSSR count). The van der Waals surface area contributed by atoms with Crippen molar-refractivity contribution in [2.24, 2.45) is 0 Å². The predicted octanol–water partition coefficient (Wildman–Crippen LogP) is 6.29. The molecule has 1 unspecified atom stereocenters. The van der Waals surface area contributed by atoms with Crippen LogP contribution in [0.15, 0.2) is 60.7 Å². The first kappa shape index (κ1) is 21.1. The average molecular weight is 423 g/mol. The number of alkyl halides is 3. The Labute approximate surface area is 169 Å². The van der Waals surface area contributed by atoms with E-state index in [0.29, 0.717) is 17.2 Å². The zero-order valence-electron chi connectivity index (χ0n) is 15.7. The van der Waals surface area contributed by atoms with Crippen LogP contribution in [-0.4, -0.2) is 17.0 Å². The summed E-state index contributed by atoms with van der Waals surface area (Å²) in [7, 11) is 0. The SMILES string of the molecule is Cc1ccc2c(Oc3cccc(NS(=O)OCCCC(F)(F)F)c3)cccc2c1. The van der Waals surface area contributed by atoms with Gasteiger partial charge >= 0.3 is 6.18 Å². The van der Waals surface area contributed by atoms with Gasteiger partial charge in [0.05, 0.1) is 12.3 Å². The van der Waals surface area contributed by atoms with Gasteiger partial charge in [-0.15, -0.1) is 0 Å². The lowest BCUT2D eigenvalue weighted by Crippen LogP contribution is -2.12. The lowest BCUT2D eigenvalue weighted by atomic mass is 10.1. The van der Waals surface area contributed by atoms with Crippen molar-refractivity contribution in [1.29, 1.82) is 0 Å². The van der Waals surface area contributed by atoms with Crippen LogP contribution in [0.3, 0.4) is 0 Å². The summed E-state index contributed by atoms with van der Waals surface area (Å²) in [4.78, 5) is 0. The molecule has 0 aliphatic carbocycles. The van der Waals surface area contributed by atoms with E-state index in [4.69, 9.17) is 8.92 Å². The Balaban J connectivity index is 1.62. The summed E-state index contributed by atoms with van der Waals surface area (Å²) in [6, 6.07) is 18.6. The fourth-order valence-electron chi connectivity index (χ4n) is 2.75. The molecule has 0 bridgehead atoms.